The molecule has 0 saturated carbocycles. The standard InChI is InChI=1S/C21H23F2N3O3/c1-12-7-19(29-10-15-16(22)5-4-6-17(15)23)21-25-14(3)20(26(21)8-12)18(27)11-28-9-13(2)24/h4-8,13H,9-11,24H2,1-3H3. The lowest BCUT2D eigenvalue weighted by molar-refractivity contribution is 0.0735. The SMILES string of the molecule is Cc1cc(OCc2c(F)cccc2F)c2nc(C)c(C(=O)COCC(C)N)n2c1. The van der Waals surface area contributed by atoms with E-state index in [1.54, 1.807) is 30.5 Å². The van der Waals surface area contributed by atoms with Crippen LogP contribution >= 0.6 is 0 Å². The molecule has 6 nitrogen and oxygen atoms in total. The minimum absolute atomic E-state index is 0.124. The molecule has 0 aliphatic heterocycles. The largest absolute Gasteiger partial charge is 0.485 e. The van der Waals surface area contributed by atoms with Gasteiger partial charge in [-0.05, 0) is 44.5 Å². The number of ketones is 1. The van der Waals surface area contributed by atoms with Gasteiger partial charge in [0.2, 0.25) is 5.78 Å². The number of carbonyl (C=O) groups excluding carboxylic acids is 1. The quantitative estimate of drug-likeness (QED) is 0.584. The van der Waals surface area contributed by atoms with Crippen LogP contribution in [-0.2, 0) is 11.3 Å². The van der Waals surface area contributed by atoms with E-state index in [1.165, 1.54) is 18.2 Å². The Hall–Kier alpha value is -2.84. The summed E-state index contributed by atoms with van der Waals surface area (Å²) < 4.78 is 40.4. The van der Waals surface area contributed by atoms with Crippen molar-refractivity contribution in [1.82, 2.24) is 9.38 Å². The first-order valence-electron chi connectivity index (χ1n) is 9.19. The van der Waals surface area contributed by atoms with E-state index in [-0.39, 0.29) is 37.2 Å². The van der Waals surface area contributed by atoms with Gasteiger partial charge in [0.05, 0.1) is 17.9 Å². The summed E-state index contributed by atoms with van der Waals surface area (Å²) in [6.07, 6.45) is 1.75. The van der Waals surface area contributed by atoms with Crippen LogP contribution in [0.25, 0.3) is 5.65 Å². The van der Waals surface area contributed by atoms with Crippen LogP contribution in [0.5, 0.6) is 5.75 Å². The minimum atomic E-state index is -0.685. The zero-order chi connectivity index (χ0) is 21.1. The summed E-state index contributed by atoms with van der Waals surface area (Å²) >= 11 is 0. The summed E-state index contributed by atoms with van der Waals surface area (Å²) in [6.45, 7) is 5.16. The van der Waals surface area contributed by atoms with E-state index >= 15 is 0 Å². The molecule has 29 heavy (non-hydrogen) atoms. The van der Waals surface area contributed by atoms with Crippen LogP contribution in [-0.4, -0.2) is 34.4 Å². The van der Waals surface area contributed by atoms with Crippen LogP contribution in [0.4, 0.5) is 8.78 Å². The lowest BCUT2D eigenvalue weighted by Gasteiger charge is -2.11. The molecular formula is C21H23F2N3O3. The molecule has 0 amide bonds. The van der Waals surface area contributed by atoms with E-state index in [9.17, 15) is 13.6 Å². The molecule has 0 spiro atoms. The number of rotatable bonds is 8. The van der Waals surface area contributed by atoms with E-state index in [1.807, 2.05) is 6.92 Å². The molecule has 1 unspecified atom stereocenters. The first-order chi connectivity index (χ1) is 13.8. The van der Waals surface area contributed by atoms with E-state index in [4.69, 9.17) is 15.2 Å². The predicted octanol–water partition coefficient (Wildman–Crippen LogP) is 3.35. The van der Waals surface area contributed by atoms with Crippen LogP contribution < -0.4 is 10.5 Å². The summed E-state index contributed by atoms with van der Waals surface area (Å²) in [4.78, 5) is 17.1. The number of ether oxygens (including phenoxy) is 2. The maximum absolute atomic E-state index is 13.9. The predicted molar refractivity (Wildman–Crippen MR) is 104 cm³/mol. The van der Waals surface area contributed by atoms with Gasteiger partial charge < -0.3 is 15.2 Å². The number of carbonyl (C=O) groups is 1. The van der Waals surface area contributed by atoms with Crippen molar-refractivity contribution >= 4 is 11.4 Å². The number of aryl methyl sites for hydroxylation is 2. The number of hydrogen-bond donors (Lipinski definition) is 1. The van der Waals surface area contributed by atoms with Crippen molar-refractivity contribution < 1.29 is 23.0 Å². The van der Waals surface area contributed by atoms with Crippen molar-refractivity contribution in [3.05, 3.63) is 64.6 Å². The smallest absolute Gasteiger partial charge is 0.207 e. The van der Waals surface area contributed by atoms with Crippen LogP contribution in [0.2, 0.25) is 0 Å². The molecular weight excluding hydrogens is 380 g/mol. The van der Waals surface area contributed by atoms with Crippen molar-refractivity contribution in [2.45, 2.75) is 33.4 Å². The summed E-state index contributed by atoms with van der Waals surface area (Å²) in [5, 5.41) is 0. The van der Waals surface area contributed by atoms with Gasteiger partial charge in [0.1, 0.15) is 30.5 Å². The molecule has 0 radical (unpaired) electrons. The van der Waals surface area contributed by atoms with E-state index in [2.05, 4.69) is 4.98 Å². The Labute approximate surface area is 167 Å². The average molecular weight is 403 g/mol. The summed E-state index contributed by atoms with van der Waals surface area (Å²) in [5.74, 6) is -1.29. The number of pyridine rings is 1. The molecule has 0 aliphatic rings. The molecule has 0 saturated heterocycles. The van der Waals surface area contributed by atoms with Gasteiger partial charge in [0.25, 0.3) is 0 Å². The molecule has 0 bridgehead atoms. The van der Waals surface area contributed by atoms with Crippen LogP contribution in [0.1, 0.15) is 34.2 Å². The molecule has 0 fully saturated rings. The lowest BCUT2D eigenvalue weighted by Crippen LogP contribution is -2.24. The van der Waals surface area contributed by atoms with Crippen molar-refractivity contribution in [3.8, 4) is 5.75 Å². The number of fused-ring (bicyclic) bond motifs is 1. The Balaban J connectivity index is 1.91. The minimum Gasteiger partial charge on any atom is -0.485 e. The maximum atomic E-state index is 13.9. The highest BCUT2D eigenvalue weighted by atomic mass is 19.1. The Kier molecular flexibility index (Phi) is 6.24. The van der Waals surface area contributed by atoms with Crippen molar-refractivity contribution in [2.75, 3.05) is 13.2 Å². The van der Waals surface area contributed by atoms with Gasteiger partial charge in [0.15, 0.2) is 11.4 Å². The van der Waals surface area contributed by atoms with Gasteiger partial charge in [-0.25, -0.2) is 13.8 Å². The van der Waals surface area contributed by atoms with E-state index in [0.29, 0.717) is 22.8 Å². The van der Waals surface area contributed by atoms with Crippen molar-refractivity contribution in [2.24, 2.45) is 5.73 Å². The Morgan fingerprint density at radius 3 is 2.62 bits per heavy atom. The number of nitrogens with zero attached hydrogens (tertiary/aromatic N) is 2. The van der Waals surface area contributed by atoms with Gasteiger partial charge in [0, 0.05) is 12.2 Å². The summed E-state index contributed by atoms with van der Waals surface area (Å²) in [6, 6.07) is 5.18. The molecule has 3 aromatic rings. The second kappa shape index (κ2) is 8.67. The first kappa shape index (κ1) is 20.9. The van der Waals surface area contributed by atoms with Gasteiger partial charge in [-0.2, -0.15) is 0 Å². The fraction of sp³-hybridized carbons (Fsp3) is 0.333. The van der Waals surface area contributed by atoms with E-state index < -0.39 is 11.6 Å². The fourth-order valence-corrected chi connectivity index (χ4v) is 3.03. The number of benzene rings is 1. The molecule has 8 heteroatoms. The van der Waals surface area contributed by atoms with Crippen LogP contribution in [0, 0.1) is 25.5 Å². The zero-order valence-corrected chi connectivity index (χ0v) is 16.5. The summed E-state index contributed by atoms with van der Waals surface area (Å²) in [7, 11) is 0. The molecule has 2 aromatic heterocycles. The zero-order valence-electron chi connectivity index (χ0n) is 16.5. The van der Waals surface area contributed by atoms with Crippen LogP contribution in [0.15, 0.2) is 30.5 Å². The highest BCUT2D eigenvalue weighted by Gasteiger charge is 2.20. The number of aromatic nitrogens is 2. The Bertz CT molecular complexity index is 1030. The third kappa shape index (κ3) is 4.60. The third-order valence-electron chi connectivity index (χ3n) is 4.31. The van der Waals surface area contributed by atoms with Gasteiger partial charge in [-0.15, -0.1) is 0 Å². The molecule has 1 atom stereocenters. The normalized spacial score (nSPS) is 12.3. The Morgan fingerprint density at radius 1 is 1.28 bits per heavy atom. The third-order valence-corrected chi connectivity index (χ3v) is 4.31. The van der Waals surface area contributed by atoms with Gasteiger partial charge in [-0.3, -0.25) is 9.20 Å². The molecule has 0 aliphatic carbocycles. The molecule has 1 aromatic carbocycles. The van der Waals surface area contributed by atoms with Crippen molar-refractivity contribution in [3.63, 3.8) is 0 Å². The van der Waals surface area contributed by atoms with Gasteiger partial charge >= 0.3 is 0 Å². The lowest BCUT2D eigenvalue weighted by atomic mass is 10.2. The molecule has 3 rings (SSSR count). The number of hydrogen-bond acceptors (Lipinski definition) is 5. The molecule has 2 heterocycles. The average Bonchev–Trinajstić information content (AvgIpc) is 2.96. The number of halogens is 2. The second-order valence-electron chi connectivity index (χ2n) is 7.03. The second-order valence-corrected chi connectivity index (χ2v) is 7.03. The maximum Gasteiger partial charge on any atom is 0.207 e. The highest BCUT2D eigenvalue weighted by molar-refractivity contribution is 5.97. The fourth-order valence-electron chi connectivity index (χ4n) is 3.03. The first-order valence-corrected chi connectivity index (χ1v) is 9.19. The molecule has 154 valence electrons. The summed E-state index contributed by atoms with van der Waals surface area (Å²) in [5.41, 5.74) is 7.53. The highest BCUT2D eigenvalue weighted by Crippen LogP contribution is 2.26. The van der Waals surface area contributed by atoms with Crippen molar-refractivity contribution in [1.29, 1.82) is 0 Å². The number of imidazole rings is 1. The monoisotopic (exact) mass is 403 g/mol. The van der Waals surface area contributed by atoms with E-state index in [0.717, 1.165) is 5.56 Å². The molecule has 2 N–H and O–H groups in total. The number of nitrogens with two attached hydrogens (primary N) is 1. The Morgan fingerprint density at radius 2 is 1.97 bits per heavy atom. The number of Topliss-reactive ketones (excluding diaryl/α,β-unsaturated/α-hetero) is 1. The van der Waals surface area contributed by atoms with Gasteiger partial charge in [-0.1, -0.05) is 6.07 Å². The topological polar surface area (TPSA) is 78.8 Å². The van der Waals surface area contributed by atoms with Crippen LogP contribution in [0.3, 0.4) is 0 Å².